The average molecular weight is 590 g/mol. The van der Waals surface area contributed by atoms with E-state index in [0.717, 1.165) is 48.5 Å². The van der Waals surface area contributed by atoms with E-state index >= 15 is 0 Å². The molecule has 0 aliphatic heterocycles. The van der Waals surface area contributed by atoms with Crippen molar-refractivity contribution in [1.82, 2.24) is 0 Å². The fourth-order valence-corrected chi connectivity index (χ4v) is 9.44. The van der Waals surface area contributed by atoms with Crippen molar-refractivity contribution in [3.63, 3.8) is 0 Å². The molecule has 0 heterocycles. The van der Waals surface area contributed by atoms with Crippen molar-refractivity contribution in [1.29, 1.82) is 0 Å². The Hall–Kier alpha value is -3.60. The molecule has 0 spiro atoms. The molecule has 5 rings (SSSR count). The largest absolute Gasteiger partial charge is 0.204 e. The third kappa shape index (κ3) is 5.52. The van der Waals surface area contributed by atoms with Crippen molar-refractivity contribution in [2.45, 2.75) is 0 Å². The molecule has 202 valence electrons. The summed E-state index contributed by atoms with van der Waals surface area (Å²) in [6.45, 7) is 0. The highest BCUT2D eigenvalue weighted by molar-refractivity contribution is 7.85. The number of halogens is 8. The summed E-state index contributed by atoms with van der Waals surface area (Å²) in [5, 5.41) is 1.90. The zero-order chi connectivity index (χ0) is 28.6. The maximum Gasteiger partial charge on any atom is 0.159 e. The van der Waals surface area contributed by atoms with Crippen LogP contribution in [0.25, 0.3) is 0 Å². The molecule has 0 nitrogen and oxygen atoms in total. The maximum absolute atomic E-state index is 14.4. The van der Waals surface area contributed by atoms with Crippen LogP contribution in [-0.2, 0) is 0 Å². The average Bonchev–Trinajstić information content (AvgIpc) is 2.93. The minimum atomic E-state index is -1.90. The van der Waals surface area contributed by atoms with Crippen LogP contribution in [0.2, 0.25) is 0 Å². The first-order valence-corrected chi connectivity index (χ1v) is 14.3. The first kappa shape index (κ1) is 27.9. The van der Waals surface area contributed by atoms with Gasteiger partial charge in [0.1, 0.15) is 0 Å². The molecule has 0 aliphatic rings. The molecule has 0 saturated carbocycles. The molecule has 0 fully saturated rings. The number of hydrogen-bond donors (Lipinski definition) is 0. The van der Waals surface area contributed by atoms with Crippen LogP contribution in [0.1, 0.15) is 0 Å². The molecule has 0 radical (unpaired) electrons. The molecule has 0 atom stereocenters. The standard InChI is InChI=1S/C30H16F8P2/c31-21-9-5-17(13-25(21)35)39(18-6-10-22(32)26(36)14-18)29-3-1-2-4-30(29)40(19-7-11-23(33)27(37)15-19)20-8-12-24(34)28(38)16-20/h1-16H. The zero-order valence-corrected chi connectivity index (χ0v) is 21.9. The zero-order valence-electron chi connectivity index (χ0n) is 20.2. The Morgan fingerprint density at radius 3 is 0.775 bits per heavy atom. The molecule has 0 aromatic heterocycles. The highest BCUT2D eigenvalue weighted by Crippen LogP contribution is 2.40. The van der Waals surface area contributed by atoms with E-state index in [9.17, 15) is 35.1 Å². The summed E-state index contributed by atoms with van der Waals surface area (Å²) in [7, 11) is -3.80. The first-order chi connectivity index (χ1) is 19.1. The Balaban J connectivity index is 1.80. The van der Waals surface area contributed by atoms with Gasteiger partial charge in [0, 0.05) is 0 Å². The predicted octanol–water partition coefficient (Wildman–Crippen LogP) is 6.32. The summed E-state index contributed by atoms with van der Waals surface area (Å²) < 4.78 is 113. The monoisotopic (exact) mass is 590 g/mol. The Labute approximate surface area is 226 Å². The van der Waals surface area contributed by atoms with E-state index in [1.165, 1.54) is 24.3 Å². The van der Waals surface area contributed by atoms with Crippen LogP contribution in [0.4, 0.5) is 35.1 Å². The Kier molecular flexibility index (Phi) is 8.02. The molecule has 0 aliphatic carbocycles. The van der Waals surface area contributed by atoms with Gasteiger partial charge in [-0.05, 0) is 96.2 Å². The Morgan fingerprint density at radius 2 is 0.550 bits per heavy atom. The molecule has 0 N–H and O–H groups in total. The van der Waals surface area contributed by atoms with Gasteiger partial charge in [0.2, 0.25) is 0 Å². The normalized spacial score (nSPS) is 11.4. The predicted molar refractivity (Wildman–Crippen MR) is 144 cm³/mol. The van der Waals surface area contributed by atoms with Crippen LogP contribution in [-0.4, -0.2) is 0 Å². The van der Waals surface area contributed by atoms with Crippen molar-refractivity contribution in [3.05, 3.63) is 144 Å². The van der Waals surface area contributed by atoms with E-state index in [1.54, 1.807) is 24.3 Å². The fourth-order valence-electron chi connectivity index (χ4n) is 4.19. The van der Waals surface area contributed by atoms with Crippen LogP contribution < -0.4 is 31.8 Å². The lowest BCUT2D eigenvalue weighted by molar-refractivity contribution is 0.509. The summed E-state index contributed by atoms with van der Waals surface area (Å²) in [6.07, 6.45) is 0. The van der Waals surface area contributed by atoms with Gasteiger partial charge in [-0.3, -0.25) is 0 Å². The molecular weight excluding hydrogens is 574 g/mol. The van der Waals surface area contributed by atoms with Gasteiger partial charge in [-0.25, -0.2) is 35.1 Å². The van der Waals surface area contributed by atoms with Crippen LogP contribution in [0.15, 0.2) is 97.1 Å². The summed E-state index contributed by atoms with van der Waals surface area (Å²) in [6, 6.07) is 19.3. The van der Waals surface area contributed by atoms with Gasteiger partial charge in [-0.2, -0.15) is 0 Å². The van der Waals surface area contributed by atoms with E-state index in [2.05, 4.69) is 0 Å². The Morgan fingerprint density at radius 1 is 0.300 bits per heavy atom. The van der Waals surface area contributed by atoms with Gasteiger partial charge in [-0.15, -0.1) is 0 Å². The smallest absolute Gasteiger partial charge is 0.159 e. The summed E-state index contributed by atoms with van der Waals surface area (Å²) in [4.78, 5) is 0. The lowest BCUT2D eigenvalue weighted by atomic mass is 10.3. The molecule has 5 aromatic rings. The Bertz CT molecular complexity index is 1490. The second-order valence-corrected chi connectivity index (χ2v) is 12.9. The van der Waals surface area contributed by atoms with E-state index in [1.807, 2.05) is 0 Å². The number of hydrogen-bond acceptors (Lipinski definition) is 0. The highest BCUT2D eigenvalue weighted by Gasteiger charge is 2.28. The molecule has 0 unspecified atom stereocenters. The van der Waals surface area contributed by atoms with E-state index in [0.29, 0.717) is 10.6 Å². The molecule has 40 heavy (non-hydrogen) atoms. The van der Waals surface area contributed by atoms with E-state index in [-0.39, 0.29) is 21.2 Å². The minimum Gasteiger partial charge on any atom is -0.204 e. The summed E-state index contributed by atoms with van der Waals surface area (Å²) >= 11 is 0. The molecule has 10 heteroatoms. The highest BCUT2D eigenvalue weighted by atomic mass is 31.1. The van der Waals surface area contributed by atoms with E-state index < -0.39 is 62.4 Å². The topological polar surface area (TPSA) is 0 Å². The quantitative estimate of drug-likeness (QED) is 0.161. The lowest BCUT2D eigenvalue weighted by Gasteiger charge is -2.27. The summed E-state index contributed by atoms with van der Waals surface area (Å²) in [5.74, 6) is -9.07. The molecule has 5 aromatic carbocycles. The van der Waals surface area contributed by atoms with Crippen molar-refractivity contribution < 1.29 is 35.1 Å². The number of benzene rings is 5. The van der Waals surface area contributed by atoms with Crippen molar-refractivity contribution >= 4 is 47.7 Å². The lowest BCUT2D eigenvalue weighted by Crippen LogP contribution is -2.35. The van der Waals surface area contributed by atoms with Crippen LogP contribution in [0, 0.1) is 46.5 Å². The molecular formula is C30H16F8P2. The van der Waals surface area contributed by atoms with Gasteiger partial charge in [0.25, 0.3) is 0 Å². The maximum atomic E-state index is 14.4. The second kappa shape index (κ2) is 11.5. The van der Waals surface area contributed by atoms with Crippen LogP contribution in [0.5, 0.6) is 0 Å². The molecule has 0 saturated heterocycles. The third-order valence-corrected chi connectivity index (χ3v) is 11.1. The fraction of sp³-hybridized carbons (Fsp3) is 0. The van der Waals surface area contributed by atoms with E-state index in [4.69, 9.17) is 0 Å². The number of rotatable bonds is 6. The van der Waals surface area contributed by atoms with Crippen LogP contribution in [0.3, 0.4) is 0 Å². The minimum absolute atomic E-state index is 0.248. The van der Waals surface area contributed by atoms with Gasteiger partial charge >= 0.3 is 0 Å². The van der Waals surface area contributed by atoms with Crippen LogP contribution >= 0.6 is 15.8 Å². The summed E-state index contributed by atoms with van der Waals surface area (Å²) in [5.41, 5.74) is 0. The SMILES string of the molecule is Fc1ccc(P(c2ccc(F)c(F)c2)c2ccccc2P(c2ccc(F)c(F)c2)c2ccc(F)c(F)c2)cc1F. The molecule has 0 bridgehead atoms. The van der Waals surface area contributed by atoms with Crippen molar-refractivity contribution in [2.75, 3.05) is 0 Å². The van der Waals surface area contributed by atoms with Gasteiger partial charge < -0.3 is 0 Å². The van der Waals surface area contributed by atoms with Gasteiger partial charge in [0.05, 0.1) is 0 Å². The van der Waals surface area contributed by atoms with Crippen molar-refractivity contribution in [2.24, 2.45) is 0 Å². The van der Waals surface area contributed by atoms with Gasteiger partial charge in [-0.1, -0.05) is 48.5 Å². The van der Waals surface area contributed by atoms with Gasteiger partial charge in [0.15, 0.2) is 46.5 Å². The third-order valence-electron chi connectivity index (χ3n) is 6.01. The first-order valence-electron chi connectivity index (χ1n) is 11.6. The molecule has 0 amide bonds. The second-order valence-electron chi connectivity index (χ2n) is 8.55. The van der Waals surface area contributed by atoms with Crippen molar-refractivity contribution in [3.8, 4) is 0 Å².